The van der Waals surface area contributed by atoms with Crippen molar-refractivity contribution in [1.82, 2.24) is 0 Å². The van der Waals surface area contributed by atoms with Crippen LogP contribution in [0.25, 0.3) is 0 Å². The van der Waals surface area contributed by atoms with Crippen LogP contribution in [0.3, 0.4) is 0 Å². The molecule has 2 rings (SSSR count). The predicted molar refractivity (Wildman–Crippen MR) is 79.5 cm³/mol. The van der Waals surface area contributed by atoms with Crippen LogP contribution in [0.5, 0.6) is 5.75 Å². The van der Waals surface area contributed by atoms with Crippen molar-refractivity contribution < 1.29 is 4.74 Å². The van der Waals surface area contributed by atoms with Gasteiger partial charge in [0.15, 0.2) is 0 Å². The lowest BCUT2D eigenvalue weighted by Crippen LogP contribution is -2.05. The smallest absolute Gasteiger partial charge is 0.120 e. The van der Waals surface area contributed by atoms with E-state index >= 15 is 0 Å². The fourth-order valence-corrected chi connectivity index (χ4v) is 2.02. The second-order valence-corrected chi connectivity index (χ2v) is 4.98. The highest BCUT2D eigenvalue weighted by atomic mass is 35.5. The summed E-state index contributed by atoms with van der Waals surface area (Å²) in [5, 5.41) is 9.33. The maximum absolute atomic E-state index is 8.79. The van der Waals surface area contributed by atoms with Crippen molar-refractivity contribution in [3.05, 3.63) is 64.2 Å². The van der Waals surface area contributed by atoms with Gasteiger partial charge < -0.3 is 10.5 Å². The maximum atomic E-state index is 8.79. The van der Waals surface area contributed by atoms with Crippen LogP contribution in [0.1, 0.15) is 29.7 Å². The lowest BCUT2D eigenvalue weighted by Gasteiger charge is -2.11. The minimum atomic E-state index is -0.0305. The molecule has 0 aliphatic carbocycles. The second-order valence-electron chi connectivity index (χ2n) is 4.57. The molecule has 0 radical (unpaired) electrons. The molecule has 0 spiro atoms. The number of hydrogen-bond donors (Lipinski definition) is 1. The molecule has 0 aliphatic rings. The zero-order valence-corrected chi connectivity index (χ0v) is 11.9. The second kappa shape index (κ2) is 6.42. The summed E-state index contributed by atoms with van der Waals surface area (Å²) < 4.78 is 5.71. The molecule has 102 valence electrons. The Kier molecular flexibility index (Phi) is 4.62. The van der Waals surface area contributed by atoms with E-state index in [4.69, 9.17) is 27.3 Å². The molecule has 2 aromatic rings. The van der Waals surface area contributed by atoms with E-state index in [0.29, 0.717) is 17.2 Å². The van der Waals surface area contributed by atoms with Crippen LogP contribution < -0.4 is 10.5 Å². The van der Waals surface area contributed by atoms with Crippen LogP contribution in [0.15, 0.2) is 42.5 Å². The highest BCUT2D eigenvalue weighted by Crippen LogP contribution is 2.22. The molecule has 4 heteroatoms. The third-order valence-electron chi connectivity index (χ3n) is 2.96. The van der Waals surface area contributed by atoms with E-state index in [0.717, 1.165) is 16.9 Å². The molecule has 20 heavy (non-hydrogen) atoms. The fourth-order valence-electron chi connectivity index (χ4n) is 1.78. The Hall–Kier alpha value is -2.02. The van der Waals surface area contributed by atoms with Crippen molar-refractivity contribution in [2.75, 3.05) is 0 Å². The average Bonchev–Trinajstić information content (AvgIpc) is 2.46. The summed E-state index contributed by atoms with van der Waals surface area (Å²) in [5.74, 6) is 0.750. The molecule has 0 aliphatic heterocycles. The average molecular weight is 287 g/mol. The number of rotatable bonds is 4. The molecule has 0 amide bonds. The number of nitrogens with two attached hydrogens (primary N) is 1. The number of halogens is 1. The first-order valence-electron chi connectivity index (χ1n) is 6.27. The van der Waals surface area contributed by atoms with Gasteiger partial charge in [-0.2, -0.15) is 5.26 Å². The third-order valence-corrected chi connectivity index (χ3v) is 3.31. The van der Waals surface area contributed by atoms with Gasteiger partial charge in [0.05, 0.1) is 11.6 Å². The number of ether oxygens (including phenoxy) is 1. The molecule has 0 saturated heterocycles. The Bertz CT molecular complexity index is 647. The molecule has 0 fully saturated rings. The standard InChI is InChI=1S/C16H15ClN2O/c1-11(19)13-3-2-4-15(8-13)20-10-14-6-5-12(9-18)7-16(14)17/h2-8,11H,10,19H2,1H3/t11-/m1/s1. The van der Waals surface area contributed by atoms with Crippen molar-refractivity contribution in [2.45, 2.75) is 19.6 Å². The topological polar surface area (TPSA) is 59.0 Å². The highest BCUT2D eigenvalue weighted by Gasteiger charge is 2.05. The van der Waals surface area contributed by atoms with Crippen LogP contribution >= 0.6 is 11.6 Å². The summed E-state index contributed by atoms with van der Waals surface area (Å²) in [7, 11) is 0. The van der Waals surface area contributed by atoms with E-state index in [2.05, 4.69) is 0 Å². The van der Waals surface area contributed by atoms with Crippen molar-refractivity contribution in [1.29, 1.82) is 5.26 Å². The van der Waals surface area contributed by atoms with Crippen molar-refractivity contribution >= 4 is 11.6 Å². The first kappa shape index (κ1) is 14.4. The summed E-state index contributed by atoms with van der Waals surface area (Å²) >= 11 is 6.11. The molecular weight excluding hydrogens is 272 g/mol. The van der Waals surface area contributed by atoms with Gasteiger partial charge in [-0.05, 0) is 36.8 Å². The molecule has 3 nitrogen and oxygen atoms in total. The van der Waals surface area contributed by atoms with Gasteiger partial charge in [0.2, 0.25) is 0 Å². The third kappa shape index (κ3) is 3.51. The van der Waals surface area contributed by atoms with Crippen molar-refractivity contribution in [3.8, 4) is 11.8 Å². The Balaban J connectivity index is 2.09. The zero-order chi connectivity index (χ0) is 14.5. The minimum absolute atomic E-state index is 0.0305. The molecule has 0 saturated carbocycles. The van der Waals surface area contributed by atoms with E-state index in [1.807, 2.05) is 37.3 Å². The summed E-state index contributed by atoms with van der Waals surface area (Å²) in [4.78, 5) is 0. The van der Waals surface area contributed by atoms with Gasteiger partial charge >= 0.3 is 0 Å². The Morgan fingerprint density at radius 1 is 1.30 bits per heavy atom. The number of benzene rings is 2. The van der Waals surface area contributed by atoms with Crippen LogP contribution in [0.4, 0.5) is 0 Å². The molecule has 0 heterocycles. The lowest BCUT2D eigenvalue weighted by molar-refractivity contribution is 0.306. The van der Waals surface area contributed by atoms with Gasteiger partial charge in [-0.1, -0.05) is 29.8 Å². The van der Waals surface area contributed by atoms with Crippen LogP contribution in [0, 0.1) is 11.3 Å². The van der Waals surface area contributed by atoms with Crippen LogP contribution in [0.2, 0.25) is 5.02 Å². The van der Waals surface area contributed by atoms with Gasteiger partial charge in [-0.3, -0.25) is 0 Å². The van der Waals surface area contributed by atoms with Crippen LogP contribution in [-0.4, -0.2) is 0 Å². The Morgan fingerprint density at radius 2 is 2.10 bits per heavy atom. The van der Waals surface area contributed by atoms with Gasteiger partial charge in [0, 0.05) is 16.6 Å². The Morgan fingerprint density at radius 3 is 2.75 bits per heavy atom. The summed E-state index contributed by atoms with van der Waals surface area (Å²) in [6.07, 6.45) is 0. The molecule has 0 bridgehead atoms. The number of hydrogen-bond acceptors (Lipinski definition) is 3. The molecule has 0 aromatic heterocycles. The van der Waals surface area contributed by atoms with E-state index in [1.165, 1.54) is 0 Å². The molecular formula is C16H15ClN2O. The summed E-state index contributed by atoms with van der Waals surface area (Å²) in [6.45, 7) is 2.28. The molecule has 0 unspecified atom stereocenters. The van der Waals surface area contributed by atoms with E-state index < -0.39 is 0 Å². The van der Waals surface area contributed by atoms with E-state index in [1.54, 1.807) is 18.2 Å². The highest BCUT2D eigenvalue weighted by molar-refractivity contribution is 6.31. The SMILES string of the molecule is C[C@@H](N)c1cccc(OCc2ccc(C#N)cc2Cl)c1. The normalized spacial score (nSPS) is 11.7. The van der Waals surface area contributed by atoms with E-state index in [-0.39, 0.29) is 6.04 Å². The number of nitriles is 1. The van der Waals surface area contributed by atoms with Gasteiger partial charge in [0.1, 0.15) is 12.4 Å². The van der Waals surface area contributed by atoms with Gasteiger partial charge in [-0.15, -0.1) is 0 Å². The monoisotopic (exact) mass is 286 g/mol. The fraction of sp³-hybridized carbons (Fsp3) is 0.188. The van der Waals surface area contributed by atoms with Crippen molar-refractivity contribution in [3.63, 3.8) is 0 Å². The van der Waals surface area contributed by atoms with Crippen molar-refractivity contribution in [2.24, 2.45) is 5.73 Å². The first-order chi connectivity index (χ1) is 9.60. The van der Waals surface area contributed by atoms with Gasteiger partial charge in [0.25, 0.3) is 0 Å². The predicted octanol–water partition coefficient (Wildman–Crippen LogP) is 3.81. The summed E-state index contributed by atoms with van der Waals surface area (Å²) in [6, 6.07) is 14.9. The Labute approximate surface area is 123 Å². The lowest BCUT2D eigenvalue weighted by atomic mass is 10.1. The maximum Gasteiger partial charge on any atom is 0.120 e. The quantitative estimate of drug-likeness (QED) is 0.930. The molecule has 1 atom stereocenters. The summed E-state index contributed by atoms with van der Waals surface area (Å²) in [5.41, 5.74) is 8.24. The first-order valence-corrected chi connectivity index (χ1v) is 6.65. The zero-order valence-electron chi connectivity index (χ0n) is 11.1. The molecule has 2 N–H and O–H groups in total. The number of nitrogens with zero attached hydrogens (tertiary/aromatic N) is 1. The minimum Gasteiger partial charge on any atom is -0.489 e. The largest absolute Gasteiger partial charge is 0.489 e. The van der Waals surface area contributed by atoms with Gasteiger partial charge in [-0.25, -0.2) is 0 Å². The van der Waals surface area contributed by atoms with E-state index in [9.17, 15) is 0 Å². The molecule has 2 aromatic carbocycles. The van der Waals surface area contributed by atoms with Crippen LogP contribution in [-0.2, 0) is 6.61 Å².